The molecule has 0 unspecified atom stereocenters. The Morgan fingerprint density at radius 1 is 1.60 bits per heavy atom. The summed E-state index contributed by atoms with van der Waals surface area (Å²) in [4.78, 5) is 13.2. The van der Waals surface area contributed by atoms with Gasteiger partial charge in [-0.3, -0.25) is 4.79 Å². The zero-order valence-corrected chi connectivity index (χ0v) is 9.37. The second kappa shape index (κ2) is 6.58. The largest absolute Gasteiger partial charge is 0.381 e. The molecule has 4 nitrogen and oxygen atoms in total. The van der Waals surface area contributed by atoms with Crippen LogP contribution in [-0.4, -0.2) is 50.2 Å². The molecule has 0 aliphatic carbocycles. The lowest BCUT2D eigenvalue weighted by molar-refractivity contribution is -0.116. The number of amides is 1. The fraction of sp³-hybridized carbons (Fsp3) is 0.727. The van der Waals surface area contributed by atoms with Gasteiger partial charge >= 0.3 is 0 Å². The minimum absolute atomic E-state index is 0.102. The van der Waals surface area contributed by atoms with Crippen molar-refractivity contribution >= 4 is 5.91 Å². The van der Waals surface area contributed by atoms with Crippen LogP contribution in [0, 0.1) is 0 Å². The van der Waals surface area contributed by atoms with E-state index in [4.69, 9.17) is 4.74 Å². The zero-order chi connectivity index (χ0) is 11.1. The maximum absolute atomic E-state index is 10.9. The summed E-state index contributed by atoms with van der Waals surface area (Å²) in [6.45, 7) is 6.67. The Morgan fingerprint density at radius 3 is 2.87 bits per heavy atom. The van der Waals surface area contributed by atoms with Crippen LogP contribution >= 0.6 is 0 Å². The maximum Gasteiger partial charge on any atom is 0.243 e. The molecule has 1 fully saturated rings. The van der Waals surface area contributed by atoms with Crippen molar-refractivity contribution in [2.75, 3.05) is 33.4 Å². The number of carbonyl (C=O) groups is 1. The number of nitrogens with zero attached hydrogens (tertiary/aromatic N) is 1. The van der Waals surface area contributed by atoms with Gasteiger partial charge in [0.2, 0.25) is 5.91 Å². The van der Waals surface area contributed by atoms with Gasteiger partial charge < -0.3 is 15.0 Å². The van der Waals surface area contributed by atoms with Crippen LogP contribution < -0.4 is 5.32 Å². The van der Waals surface area contributed by atoms with Crippen LogP contribution in [0.5, 0.6) is 0 Å². The molecule has 86 valence electrons. The van der Waals surface area contributed by atoms with Gasteiger partial charge in [0, 0.05) is 32.3 Å². The van der Waals surface area contributed by atoms with E-state index in [1.54, 1.807) is 0 Å². The Hall–Kier alpha value is -0.870. The lowest BCUT2D eigenvalue weighted by Gasteiger charge is -2.31. The Kier molecular flexibility index (Phi) is 5.36. The molecule has 1 heterocycles. The summed E-state index contributed by atoms with van der Waals surface area (Å²) in [5.74, 6) is -0.102. The van der Waals surface area contributed by atoms with E-state index in [0.29, 0.717) is 12.6 Å². The second-order valence-electron chi connectivity index (χ2n) is 3.82. The van der Waals surface area contributed by atoms with E-state index < -0.39 is 0 Å². The van der Waals surface area contributed by atoms with E-state index in [2.05, 4.69) is 23.8 Å². The number of hydrogen-bond acceptors (Lipinski definition) is 3. The first-order chi connectivity index (χ1) is 7.24. The fourth-order valence-corrected chi connectivity index (χ4v) is 1.74. The van der Waals surface area contributed by atoms with Crippen LogP contribution in [0.1, 0.15) is 12.8 Å². The average Bonchev–Trinajstić information content (AvgIpc) is 2.29. The summed E-state index contributed by atoms with van der Waals surface area (Å²) in [6, 6.07) is 0.597. The second-order valence-corrected chi connectivity index (χ2v) is 3.82. The molecular weight excluding hydrogens is 192 g/mol. The molecule has 0 aromatic rings. The van der Waals surface area contributed by atoms with Gasteiger partial charge in [0.05, 0.1) is 0 Å². The van der Waals surface area contributed by atoms with Gasteiger partial charge in [-0.05, 0) is 26.0 Å². The summed E-state index contributed by atoms with van der Waals surface area (Å²) in [5.41, 5.74) is 0. The summed E-state index contributed by atoms with van der Waals surface area (Å²) in [6.07, 6.45) is 3.48. The molecule has 1 N–H and O–H groups in total. The van der Waals surface area contributed by atoms with Gasteiger partial charge in [-0.1, -0.05) is 6.58 Å². The summed E-state index contributed by atoms with van der Waals surface area (Å²) >= 11 is 0. The molecule has 0 saturated carbocycles. The van der Waals surface area contributed by atoms with Crippen molar-refractivity contribution in [3.63, 3.8) is 0 Å². The van der Waals surface area contributed by atoms with Crippen LogP contribution in [0.3, 0.4) is 0 Å². The van der Waals surface area contributed by atoms with E-state index >= 15 is 0 Å². The lowest BCUT2D eigenvalue weighted by atomic mass is 10.1. The monoisotopic (exact) mass is 212 g/mol. The van der Waals surface area contributed by atoms with Crippen molar-refractivity contribution in [2.24, 2.45) is 0 Å². The first-order valence-electron chi connectivity index (χ1n) is 5.42. The molecule has 1 rings (SSSR count). The Morgan fingerprint density at radius 2 is 2.27 bits per heavy atom. The van der Waals surface area contributed by atoms with Gasteiger partial charge in [0.25, 0.3) is 0 Å². The quantitative estimate of drug-likeness (QED) is 0.671. The molecule has 1 aliphatic heterocycles. The van der Waals surface area contributed by atoms with Gasteiger partial charge in [0.1, 0.15) is 0 Å². The minimum Gasteiger partial charge on any atom is -0.381 e. The maximum atomic E-state index is 10.9. The number of hydrogen-bond donors (Lipinski definition) is 1. The number of rotatable bonds is 5. The molecule has 0 aromatic heterocycles. The molecule has 0 aromatic carbocycles. The Balaban J connectivity index is 2.14. The molecule has 1 aliphatic rings. The van der Waals surface area contributed by atoms with E-state index in [-0.39, 0.29) is 5.91 Å². The van der Waals surface area contributed by atoms with E-state index in [0.717, 1.165) is 32.6 Å². The van der Waals surface area contributed by atoms with Crippen molar-refractivity contribution in [2.45, 2.75) is 18.9 Å². The summed E-state index contributed by atoms with van der Waals surface area (Å²) in [5, 5.41) is 2.77. The molecule has 4 heteroatoms. The van der Waals surface area contributed by atoms with Crippen molar-refractivity contribution in [3.05, 3.63) is 12.7 Å². The molecule has 1 amide bonds. The standard InChI is InChI=1S/C11H20N2O2/c1-3-11(14)12-6-7-13(2)10-4-8-15-9-5-10/h3,10H,1,4-9H2,2H3,(H,12,14). The van der Waals surface area contributed by atoms with Gasteiger partial charge in [0.15, 0.2) is 0 Å². The Bertz CT molecular complexity index is 213. The van der Waals surface area contributed by atoms with Crippen molar-refractivity contribution in [1.29, 1.82) is 0 Å². The minimum atomic E-state index is -0.102. The lowest BCUT2D eigenvalue weighted by Crippen LogP contribution is -2.41. The SMILES string of the molecule is C=CC(=O)NCCN(C)C1CCOCC1. The van der Waals surface area contributed by atoms with Crippen molar-refractivity contribution in [1.82, 2.24) is 10.2 Å². The highest BCUT2D eigenvalue weighted by Gasteiger charge is 2.17. The molecule has 0 radical (unpaired) electrons. The van der Waals surface area contributed by atoms with Crippen LogP contribution in [0.4, 0.5) is 0 Å². The highest BCUT2D eigenvalue weighted by molar-refractivity contribution is 5.86. The van der Waals surface area contributed by atoms with Gasteiger partial charge in [-0.25, -0.2) is 0 Å². The van der Waals surface area contributed by atoms with Crippen molar-refractivity contribution in [3.8, 4) is 0 Å². The first kappa shape index (κ1) is 12.2. The first-order valence-corrected chi connectivity index (χ1v) is 5.42. The number of carbonyl (C=O) groups excluding carboxylic acids is 1. The number of nitrogens with one attached hydrogen (secondary N) is 1. The van der Waals surface area contributed by atoms with E-state index in [1.165, 1.54) is 6.08 Å². The third kappa shape index (κ3) is 4.44. The van der Waals surface area contributed by atoms with Crippen LogP contribution in [-0.2, 0) is 9.53 Å². The van der Waals surface area contributed by atoms with Gasteiger partial charge in [-0.15, -0.1) is 0 Å². The summed E-state index contributed by atoms with van der Waals surface area (Å²) < 4.78 is 5.30. The highest BCUT2D eigenvalue weighted by Crippen LogP contribution is 2.11. The highest BCUT2D eigenvalue weighted by atomic mass is 16.5. The predicted octanol–water partition coefficient (Wildman–Crippen LogP) is 0.399. The molecule has 1 saturated heterocycles. The molecule has 0 spiro atoms. The molecular formula is C11H20N2O2. The number of ether oxygens (including phenoxy) is 1. The molecule has 0 bridgehead atoms. The third-order valence-corrected chi connectivity index (χ3v) is 2.76. The topological polar surface area (TPSA) is 41.6 Å². The number of likely N-dealkylation sites (N-methyl/N-ethyl adjacent to an activating group) is 1. The Labute approximate surface area is 91.3 Å². The van der Waals surface area contributed by atoms with Crippen molar-refractivity contribution < 1.29 is 9.53 Å². The zero-order valence-electron chi connectivity index (χ0n) is 9.37. The summed E-state index contributed by atoms with van der Waals surface area (Å²) in [7, 11) is 2.09. The van der Waals surface area contributed by atoms with E-state index in [9.17, 15) is 4.79 Å². The van der Waals surface area contributed by atoms with Crippen LogP contribution in [0.2, 0.25) is 0 Å². The smallest absolute Gasteiger partial charge is 0.243 e. The predicted molar refractivity (Wildman–Crippen MR) is 59.7 cm³/mol. The fourth-order valence-electron chi connectivity index (χ4n) is 1.74. The van der Waals surface area contributed by atoms with E-state index in [1.807, 2.05) is 0 Å². The molecule has 15 heavy (non-hydrogen) atoms. The van der Waals surface area contributed by atoms with Gasteiger partial charge in [-0.2, -0.15) is 0 Å². The average molecular weight is 212 g/mol. The van der Waals surface area contributed by atoms with Crippen LogP contribution in [0.15, 0.2) is 12.7 Å². The normalized spacial score (nSPS) is 17.7. The van der Waals surface area contributed by atoms with Crippen LogP contribution in [0.25, 0.3) is 0 Å². The molecule has 0 atom stereocenters. The third-order valence-electron chi connectivity index (χ3n) is 2.76.